The molecule has 1 N–H and O–H groups in total. The highest BCUT2D eigenvalue weighted by Gasteiger charge is 2.17. The summed E-state index contributed by atoms with van der Waals surface area (Å²) in [5.41, 5.74) is 1.45. The fraction of sp³-hybridized carbons (Fsp3) is 0.211. The predicted octanol–water partition coefficient (Wildman–Crippen LogP) is 5.72. The van der Waals surface area contributed by atoms with E-state index in [1.165, 1.54) is 0 Å². The molecule has 2 aromatic carbocycles. The molecule has 0 bridgehead atoms. The first-order chi connectivity index (χ1) is 12.1. The van der Waals surface area contributed by atoms with Gasteiger partial charge in [-0.2, -0.15) is 0 Å². The van der Waals surface area contributed by atoms with Crippen LogP contribution in [-0.2, 0) is 6.54 Å². The second kappa shape index (κ2) is 7.49. The Morgan fingerprint density at radius 2 is 1.88 bits per heavy atom. The van der Waals surface area contributed by atoms with Crippen LogP contribution >= 0.6 is 11.6 Å². The van der Waals surface area contributed by atoms with Crippen molar-refractivity contribution in [1.82, 2.24) is 4.57 Å². The minimum atomic E-state index is -0.546. The average Bonchev–Trinajstić information content (AvgIpc) is 2.89. The van der Waals surface area contributed by atoms with Crippen molar-refractivity contribution in [3.05, 3.63) is 59.1 Å². The molecular weight excluding hydrogens is 338 g/mol. The van der Waals surface area contributed by atoms with E-state index in [1.54, 1.807) is 28.8 Å². The molecular formula is C19H18ClN3O2. The van der Waals surface area contributed by atoms with Gasteiger partial charge in [-0.3, -0.25) is 4.79 Å². The first-order valence-electron chi connectivity index (χ1n) is 8.14. The summed E-state index contributed by atoms with van der Waals surface area (Å²) in [7, 11) is 0. The average molecular weight is 356 g/mol. The molecule has 5 nitrogen and oxygen atoms in total. The number of hydrogen-bond donors (Lipinski definition) is 1. The number of carbonyl (C=O) groups excluding carboxylic acids is 1. The van der Waals surface area contributed by atoms with Crippen LogP contribution in [0.15, 0.2) is 58.8 Å². The van der Waals surface area contributed by atoms with Gasteiger partial charge in [0.25, 0.3) is 5.91 Å². The largest absolute Gasteiger partial charge is 0.493 e. The summed E-state index contributed by atoms with van der Waals surface area (Å²) >= 11 is 6.01. The Hall–Kier alpha value is -2.66. The van der Waals surface area contributed by atoms with Gasteiger partial charge in [-0.25, -0.2) is 0 Å². The van der Waals surface area contributed by atoms with Crippen LogP contribution in [-0.4, -0.2) is 15.6 Å². The summed E-state index contributed by atoms with van der Waals surface area (Å²) in [4.78, 5) is 12.2. The standard InChI is InChI=1S/C19H18ClN3O2/c1-2-3-12-23-16-11-7-5-9-14(16)17(19(23)25)21-22-18(24)13-8-4-6-10-15(13)20/h4-11,25H,2-3,12H2,1H3. The molecule has 0 aliphatic heterocycles. The van der Waals surface area contributed by atoms with E-state index in [0.29, 0.717) is 17.3 Å². The molecule has 0 unspecified atom stereocenters. The van der Waals surface area contributed by atoms with Crippen LogP contribution in [0.3, 0.4) is 0 Å². The molecule has 0 aliphatic rings. The summed E-state index contributed by atoms with van der Waals surface area (Å²) in [6.45, 7) is 2.77. The van der Waals surface area contributed by atoms with Crippen molar-refractivity contribution < 1.29 is 9.90 Å². The summed E-state index contributed by atoms with van der Waals surface area (Å²) < 4.78 is 1.80. The second-order valence-corrected chi connectivity index (χ2v) is 6.09. The van der Waals surface area contributed by atoms with Crippen LogP contribution in [0.1, 0.15) is 30.1 Å². The van der Waals surface area contributed by atoms with Gasteiger partial charge in [0, 0.05) is 11.9 Å². The van der Waals surface area contributed by atoms with Crippen molar-refractivity contribution in [3.8, 4) is 5.88 Å². The van der Waals surface area contributed by atoms with Crippen LogP contribution in [0.5, 0.6) is 5.88 Å². The van der Waals surface area contributed by atoms with Crippen molar-refractivity contribution in [3.63, 3.8) is 0 Å². The first-order valence-corrected chi connectivity index (χ1v) is 8.52. The van der Waals surface area contributed by atoms with Crippen LogP contribution in [0.25, 0.3) is 10.9 Å². The van der Waals surface area contributed by atoms with Gasteiger partial charge in [-0.15, -0.1) is 10.2 Å². The minimum absolute atomic E-state index is 0.0189. The number of rotatable bonds is 5. The van der Waals surface area contributed by atoms with Gasteiger partial charge in [0.05, 0.1) is 16.1 Å². The molecule has 0 saturated heterocycles. The number of hydrogen-bond acceptors (Lipinski definition) is 3. The van der Waals surface area contributed by atoms with Gasteiger partial charge in [0.1, 0.15) is 0 Å². The maximum Gasteiger partial charge on any atom is 0.296 e. The highest BCUT2D eigenvalue weighted by atomic mass is 35.5. The van der Waals surface area contributed by atoms with E-state index < -0.39 is 5.91 Å². The lowest BCUT2D eigenvalue weighted by Gasteiger charge is -2.05. The lowest BCUT2D eigenvalue weighted by Crippen LogP contribution is -1.96. The quantitative estimate of drug-likeness (QED) is 0.594. The third kappa shape index (κ3) is 3.42. The minimum Gasteiger partial charge on any atom is -0.493 e. The number of aromatic nitrogens is 1. The molecule has 1 heterocycles. The number of para-hydroxylation sites is 1. The molecule has 6 heteroatoms. The van der Waals surface area contributed by atoms with Crippen molar-refractivity contribution >= 4 is 34.1 Å². The molecule has 25 heavy (non-hydrogen) atoms. The van der Waals surface area contributed by atoms with Gasteiger partial charge in [-0.05, 0) is 24.6 Å². The monoisotopic (exact) mass is 355 g/mol. The Kier molecular flexibility index (Phi) is 5.14. The van der Waals surface area contributed by atoms with Gasteiger partial charge in [-0.1, -0.05) is 55.3 Å². The maximum absolute atomic E-state index is 12.2. The van der Waals surface area contributed by atoms with Gasteiger partial charge in [0.2, 0.25) is 5.88 Å². The number of unbranched alkanes of at least 4 members (excludes halogenated alkanes) is 1. The summed E-state index contributed by atoms with van der Waals surface area (Å²) in [6.07, 6.45) is 1.94. The Labute approximate surface area is 150 Å². The van der Waals surface area contributed by atoms with Crippen molar-refractivity contribution in [2.24, 2.45) is 10.2 Å². The molecule has 0 radical (unpaired) electrons. The highest BCUT2D eigenvalue weighted by molar-refractivity contribution is 6.33. The second-order valence-electron chi connectivity index (χ2n) is 5.68. The third-order valence-electron chi connectivity index (χ3n) is 4.00. The third-order valence-corrected chi connectivity index (χ3v) is 4.33. The maximum atomic E-state index is 12.2. The Bertz CT molecular complexity index is 947. The topological polar surface area (TPSA) is 66.9 Å². The molecule has 1 amide bonds. The van der Waals surface area contributed by atoms with E-state index in [9.17, 15) is 9.90 Å². The Morgan fingerprint density at radius 3 is 2.64 bits per heavy atom. The molecule has 0 atom stereocenters. The van der Waals surface area contributed by atoms with Gasteiger partial charge in [0.15, 0.2) is 5.69 Å². The molecule has 3 aromatic rings. The number of fused-ring (bicyclic) bond motifs is 1. The van der Waals surface area contributed by atoms with E-state index in [0.717, 1.165) is 23.7 Å². The van der Waals surface area contributed by atoms with Crippen LogP contribution in [0.2, 0.25) is 5.02 Å². The predicted molar refractivity (Wildman–Crippen MR) is 98.8 cm³/mol. The normalized spacial score (nSPS) is 11.4. The SMILES string of the molecule is CCCCn1c(O)c(N=NC(=O)c2ccccc2Cl)c2ccccc21. The number of halogens is 1. The molecule has 1 aromatic heterocycles. The Morgan fingerprint density at radius 1 is 1.16 bits per heavy atom. The summed E-state index contributed by atoms with van der Waals surface area (Å²) in [5.74, 6) is -0.527. The molecule has 0 saturated carbocycles. The lowest BCUT2D eigenvalue weighted by molar-refractivity contribution is 0.0995. The van der Waals surface area contributed by atoms with E-state index in [1.807, 2.05) is 24.3 Å². The van der Waals surface area contributed by atoms with Gasteiger partial charge < -0.3 is 9.67 Å². The summed E-state index contributed by atoms with van der Waals surface area (Å²) in [6, 6.07) is 14.2. The number of azo groups is 1. The van der Waals surface area contributed by atoms with Crippen LogP contribution in [0.4, 0.5) is 5.69 Å². The number of nitrogens with zero attached hydrogens (tertiary/aromatic N) is 3. The van der Waals surface area contributed by atoms with Gasteiger partial charge >= 0.3 is 0 Å². The van der Waals surface area contributed by atoms with Crippen molar-refractivity contribution in [2.75, 3.05) is 0 Å². The van der Waals surface area contributed by atoms with E-state index >= 15 is 0 Å². The Balaban J connectivity index is 2.00. The van der Waals surface area contributed by atoms with Crippen molar-refractivity contribution in [2.45, 2.75) is 26.3 Å². The molecule has 0 aliphatic carbocycles. The number of aryl methyl sites for hydroxylation is 1. The van der Waals surface area contributed by atoms with Crippen molar-refractivity contribution in [1.29, 1.82) is 0 Å². The number of amides is 1. The lowest BCUT2D eigenvalue weighted by atomic mass is 10.2. The molecule has 128 valence electrons. The number of carbonyl (C=O) groups is 1. The molecule has 3 rings (SSSR count). The number of benzene rings is 2. The van der Waals surface area contributed by atoms with Crippen LogP contribution < -0.4 is 0 Å². The highest BCUT2D eigenvalue weighted by Crippen LogP contribution is 2.39. The first kappa shape index (κ1) is 17.2. The zero-order valence-electron chi connectivity index (χ0n) is 13.8. The fourth-order valence-corrected chi connectivity index (χ4v) is 2.91. The summed E-state index contributed by atoms with van der Waals surface area (Å²) in [5, 5.41) is 19.4. The zero-order chi connectivity index (χ0) is 17.8. The van der Waals surface area contributed by atoms with Crippen LogP contribution in [0, 0.1) is 0 Å². The molecule has 0 spiro atoms. The number of aromatic hydroxyl groups is 1. The van der Waals surface area contributed by atoms with E-state index in [4.69, 9.17) is 11.6 Å². The van der Waals surface area contributed by atoms with E-state index in [-0.39, 0.29) is 11.4 Å². The molecule has 0 fully saturated rings. The van der Waals surface area contributed by atoms with E-state index in [2.05, 4.69) is 17.2 Å². The smallest absolute Gasteiger partial charge is 0.296 e. The fourth-order valence-electron chi connectivity index (χ4n) is 2.70. The zero-order valence-corrected chi connectivity index (χ0v) is 14.6.